The number of ketones is 5. The molecule has 34 nitrogen and oxygen atoms in total. The van der Waals surface area contributed by atoms with Crippen LogP contribution in [0.4, 0.5) is 0 Å². The molecular formula is C86H176N22O12. The van der Waals surface area contributed by atoms with Crippen LogP contribution in [0.3, 0.4) is 0 Å². The van der Waals surface area contributed by atoms with Crippen LogP contribution in [0.5, 0.6) is 0 Å². The number of nitrogens with one attached hydrogen (secondary N) is 4. The van der Waals surface area contributed by atoms with Crippen LogP contribution in [0.1, 0.15) is 261 Å². The maximum Gasteiger partial charge on any atom is 0.237 e. The number of unbranched alkanes of at least 4 members (excludes halogenated alkanes) is 5. The molecule has 0 heterocycles. The molecule has 0 aromatic carbocycles. The highest BCUT2D eigenvalue weighted by molar-refractivity contribution is 5.94. The first-order valence-corrected chi connectivity index (χ1v) is 45.2. The van der Waals surface area contributed by atoms with E-state index in [-0.39, 0.29) is 109 Å². The summed E-state index contributed by atoms with van der Waals surface area (Å²) in [5.41, 5.74) is 66.1. The summed E-state index contributed by atoms with van der Waals surface area (Å²) in [4.78, 5) is 162. The Hall–Kier alpha value is -5.96. The number of carbonyl (C=O) groups is 12. The minimum atomic E-state index is -0.651. The van der Waals surface area contributed by atoms with Gasteiger partial charge in [-0.2, -0.15) is 0 Å². The van der Waals surface area contributed by atoms with E-state index in [1.54, 1.807) is 14.7 Å². The van der Waals surface area contributed by atoms with Crippen molar-refractivity contribution < 1.29 is 57.5 Å². The first kappa shape index (κ1) is 118. The lowest BCUT2D eigenvalue weighted by atomic mass is 9.84. The van der Waals surface area contributed by atoms with Gasteiger partial charge in [0.25, 0.3) is 0 Å². The molecular weight excluding hydrogens is 1530 g/mol. The van der Waals surface area contributed by atoms with Crippen molar-refractivity contribution in [1.82, 2.24) is 50.7 Å². The van der Waals surface area contributed by atoms with Crippen molar-refractivity contribution in [2.24, 2.45) is 85.0 Å². The molecule has 0 saturated heterocycles. The predicted octanol–water partition coefficient (Wildman–Crippen LogP) is 1.50. The maximum atomic E-state index is 13.1. The lowest BCUT2D eigenvalue weighted by Crippen LogP contribution is -2.51. The van der Waals surface area contributed by atoms with Gasteiger partial charge in [0.1, 0.15) is 17.3 Å². The molecule has 0 aliphatic rings. The Morgan fingerprint density at radius 2 is 0.608 bits per heavy atom. The number of rotatable bonds is 74. The molecule has 3 unspecified atom stereocenters. The molecule has 7 amide bonds. The molecule has 0 aromatic rings. The van der Waals surface area contributed by atoms with Crippen molar-refractivity contribution in [3.63, 3.8) is 0 Å². The number of nitrogens with zero attached hydrogens (tertiary/aromatic N) is 6. The molecule has 0 fully saturated rings. The Labute approximate surface area is 723 Å². The summed E-state index contributed by atoms with van der Waals surface area (Å²) in [5, 5.41) is 11.5. The van der Waals surface area contributed by atoms with Crippen LogP contribution in [-0.4, -0.2) is 301 Å². The minimum Gasteiger partial charge on any atom is -0.356 e. The number of hydrogen-bond acceptors (Lipinski definition) is 27. The van der Waals surface area contributed by atoms with E-state index in [2.05, 4.69) is 36.0 Å². The van der Waals surface area contributed by atoms with Gasteiger partial charge in [-0.3, -0.25) is 72.2 Å². The highest BCUT2D eigenvalue weighted by Crippen LogP contribution is 2.22. The van der Waals surface area contributed by atoms with Crippen LogP contribution in [0, 0.1) is 16.2 Å². The lowest BCUT2D eigenvalue weighted by molar-refractivity contribution is -0.135. The smallest absolute Gasteiger partial charge is 0.237 e. The SMILES string of the molecule is CC(C)(C)C(=O)C(CCCCNC(=O)C(N)CCCCN)NC(=O)C(N)CCCCN.CC(C)(C)C(=O)CCC(=O)N(CCCCC(=O)CCC(=O)N(CCCN)CCCN)CCCNC(=O)CCC(=O)N(CCCN)CCCN.CC(C)(C)C(=O)CN(CCCCC(=O)CN(CCCN)CCCN)CCCNC(=O)CN(CCCN)CCCN. The van der Waals surface area contributed by atoms with Gasteiger partial charge in [-0.25, -0.2) is 0 Å². The van der Waals surface area contributed by atoms with Gasteiger partial charge < -0.3 is 105 Å². The largest absolute Gasteiger partial charge is 0.356 e. The number of amides is 7. The zero-order valence-corrected chi connectivity index (χ0v) is 76.5. The molecule has 0 saturated carbocycles. The average molecular weight is 1710 g/mol. The van der Waals surface area contributed by atoms with Gasteiger partial charge >= 0.3 is 0 Å². The molecule has 0 bridgehead atoms. The third-order valence-electron chi connectivity index (χ3n) is 20.3. The van der Waals surface area contributed by atoms with Crippen molar-refractivity contribution in [2.75, 3.05) is 183 Å². The Balaban J connectivity index is -0.00000176. The summed E-state index contributed by atoms with van der Waals surface area (Å²) >= 11 is 0. The van der Waals surface area contributed by atoms with Crippen molar-refractivity contribution in [3.8, 4) is 0 Å². The second-order valence-electron chi connectivity index (χ2n) is 34.6. The van der Waals surface area contributed by atoms with E-state index >= 15 is 0 Å². The van der Waals surface area contributed by atoms with Crippen LogP contribution < -0.4 is 90.1 Å². The van der Waals surface area contributed by atoms with Crippen LogP contribution in [0.25, 0.3) is 0 Å². The van der Waals surface area contributed by atoms with E-state index < -0.39 is 34.4 Å². The second-order valence-corrected chi connectivity index (χ2v) is 34.6. The van der Waals surface area contributed by atoms with Crippen LogP contribution in [0.15, 0.2) is 0 Å². The van der Waals surface area contributed by atoms with Gasteiger partial charge in [0.15, 0.2) is 11.6 Å². The third-order valence-corrected chi connectivity index (χ3v) is 20.3. The Bertz CT molecular complexity index is 2630. The lowest BCUT2D eigenvalue weighted by Gasteiger charge is -2.26. The minimum absolute atomic E-state index is 0.00248. The average Bonchev–Trinajstić information content (AvgIpc) is 0.858. The molecule has 28 N–H and O–H groups in total. The van der Waals surface area contributed by atoms with Crippen LogP contribution in [-0.2, 0) is 57.5 Å². The molecule has 702 valence electrons. The van der Waals surface area contributed by atoms with E-state index in [4.69, 9.17) is 68.8 Å². The zero-order chi connectivity index (χ0) is 91.2. The highest BCUT2D eigenvalue weighted by atomic mass is 16.2. The summed E-state index contributed by atoms with van der Waals surface area (Å²) in [5.74, 6) is -0.613. The molecule has 0 spiro atoms. The summed E-state index contributed by atoms with van der Waals surface area (Å²) in [6, 6.07) is -1.77. The predicted molar refractivity (Wildman–Crippen MR) is 483 cm³/mol. The van der Waals surface area contributed by atoms with Crippen molar-refractivity contribution >= 4 is 70.3 Å². The zero-order valence-electron chi connectivity index (χ0n) is 76.5. The Kier molecular flexibility index (Phi) is 73.3. The van der Waals surface area contributed by atoms with Crippen molar-refractivity contribution in [3.05, 3.63) is 0 Å². The summed E-state index contributed by atoms with van der Waals surface area (Å²) < 4.78 is 0. The second kappa shape index (κ2) is 74.5. The van der Waals surface area contributed by atoms with Gasteiger partial charge in [-0.05, 0) is 233 Å². The van der Waals surface area contributed by atoms with Gasteiger partial charge in [0.05, 0.1) is 37.8 Å². The van der Waals surface area contributed by atoms with Gasteiger partial charge in [0.2, 0.25) is 41.4 Å². The van der Waals surface area contributed by atoms with Crippen LogP contribution in [0.2, 0.25) is 0 Å². The van der Waals surface area contributed by atoms with Gasteiger partial charge in [-0.1, -0.05) is 75.2 Å². The number of hydrogen-bond donors (Lipinski definition) is 16. The van der Waals surface area contributed by atoms with E-state index in [1.165, 1.54) is 0 Å². The molecule has 0 aliphatic carbocycles. The number of Topliss-reactive ketones (excluding diaryl/α,β-unsaturated/α-hetero) is 5. The standard InChI is InChI=1S/C35H68N8O6.C29H62N8O3.C22H46N6O3/c1-35(2,3)30(45)13-16-33(48)41(23-5-4-11-29(44)12-15-32(47)42(24-6-18-36)25-7-19-37)28-10-22-40-31(46)14-17-34(49)43(26-8-20-38)27-9-21-39;1-29(2,3)27(39)24-36(17-5-4-11-26(38)23-35(18-6-12-30)19-7-13-31)22-10-16-34-28(40)25-37(20-8-14-32)21-9-15-33;1-22(2,3)19(29)18(28-21(31)17(26)11-5-8-14-24)12-6-9-15-27-20(30)16(25)10-4-7-13-23/h4-28,36-39H2,1-3H3,(H,40,46);4-25,30-33H2,1-3H3,(H,34,40);16-18H,4-15,23-26H2,1-3H3,(H,27,30)(H,28,31). The molecule has 0 aliphatic heterocycles. The van der Waals surface area contributed by atoms with E-state index in [1.807, 2.05) is 62.3 Å². The summed E-state index contributed by atoms with van der Waals surface area (Å²) in [7, 11) is 0. The number of nitrogens with two attached hydrogens (primary N) is 12. The van der Waals surface area contributed by atoms with E-state index in [9.17, 15) is 57.5 Å². The first-order valence-electron chi connectivity index (χ1n) is 45.2. The molecule has 34 heteroatoms. The molecule has 120 heavy (non-hydrogen) atoms. The Morgan fingerprint density at radius 1 is 0.275 bits per heavy atom. The molecule has 3 atom stereocenters. The third kappa shape index (κ3) is 65.7. The van der Waals surface area contributed by atoms with Crippen molar-refractivity contribution in [2.45, 2.75) is 279 Å². The van der Waals surface area contributed by atoms with E-state index in [0.29, 0.717) is 240 Å². The van der Waals surface area contributed by atoms with Crippen molar-refractivity contribution in [1.29, 1.82) is 0 Å². The summed E-state index contributed by atoms with van der Waals surface area (Å²) in [6.45, 7) is 32.5. The maximum absolute atomic E-state index is 13.1. The number of carbonyl (C=O) groups excluding carboxylic acids is 12. The quantitative estimate of drug-likeness (QED) is 0.0384. The van der Waals surface area contributed by atoms with E-state index in [0.717, 1.165) is 103 Å². The fourth-order valence-corrected chi connectivity index (χ4v) is 12.5. The molecule has 0 radical (unpaired) electrons. The first-order chi connectivity index (χ1) is 56.9. The highest BCUT2D eigenvalue weighted by Gasteiger charge is 2.32. The fourth-order valence-electron chi connectivity index (χ4n) is 12.5. The molecule has 0 aromatic heterocycles. The summed E-state index contributed by atoms with van der Waals surface area (Å²) in [6.07, 6.45) is 18.1. The monoisotopic (exact) mass is 1710 g/mol. The topological polar surface area (TPSA) is 585 Å². The molecule has 0 rings (SSSR count). The Morgan fingerprint density at radius 3 is 1.05 bits per heavy atom. The fraction of sp³-hybridized carbons (Fsp3) is 0.860. The van der Waals surface area contributed by atoms with Gasteiger partial charge in [0, 0.05) is 133 Å². The van der Waals surface area contributed by atoms with Crippen LogP contribution >= 0.6 is 0 Å². The van der Waals surface area contributed by atoms with Gasteiger partial charge in [-0.15, -0.1) is 0 Å². The normalized spacial score (nSPS) is 12.4.